The van der Waals surface area contributed by atoms with Crippen LogP contribution in [0.2, 0.25) is 0 Å². The molecule has 0 saturated carbocycles. The van der Waals surface area contributed by atoms with Gasteiger partial charge in [0.15, 0.2) is 11.6 Å². The van der Waals surface area contributed by atoms with Crippen LogP contribution in [0, 0.1) is 11.7 Å². The minimum atomic E-state index is 0.561. The fourth-order valence-corrected chi connectivity index (χ4v) is 3.53. The Morgan fingerprint density at radius 2 is 1.86 bits per heavy atom. The van der Waals surface area contributed by atoms with Gasteiger partial charge >= 0.3 is 0 Å². The number of aryl methyl sites for hydroxylation is 1. The van der Waals surface area contributed by atoms with Gasteiger partial charge in [-0.1, -0.05) is 5.16 Å². The smallest absolute Gasteiger partial charge is 0.217 e. The van der Waals surface area contributed by atoms with E-state index < -0.39 is 0 Å². The molecule has 0 unspecified atom stereocenters. The Morgan fingerprint density at radius 1 is 1.14 bits per heavy atom. The van der Waals surface area contributed by atoms with Crippen molar-refractivity contribution in [2.24, 2.45) is 0 Å². The Hall–Kier alpha value is -2.49. The van der Waals surface area contributed by atoms with Crippen molar-refractivity contribution in [2.45, 2.75) is 20.1 Å². The van der Waals surface area contributed by atoms with Gasteiger partial charge < -0.3 is 9.26 Å². The first-order chi connectivity index (χ1) is 13.6. The van der Waals surface area contributed by atoms with Crippen molar-refractivity contribution in [1.29, 1.82) is 0 Å². The van der Waals surface area contributed by atoms with Gasteiger partial charge in [0, 0.05) is 37.8 Å². The molecule has 28 heavy (non-hydrogen) atoms. The van der Waals surface area contributed by atoms with E-state index >= 15 is 0 Å². The fraction of sp³-hybridized carbons (Fsp3) is 0.421. The van der Waals surface area contributed by atoms with Crippen molar-refractivity contribution in [3.05, 3.63) is 46.6 Å². The number of rotatable bonds is 6. The lowest BCUT2D eigenvalue weighted by molar-refractivity contribution is 0.0921. The average molecular weight is 401 g/mol. The first kappa shape index (κ1) is 18.9. The molecule has 3 heterocycles. The standard InChI is InChI=1S/C19H24N6O2S/c1-14-11-17(27-22-14)12-23-7-9-24(10-8-23)13-25-19(28)20-18(21-25)15-3-5-16(26-2)6-4-15/h3-6,11H,7-10,12-13H2,1-2H3,(H,20,21,28). The van der Waals surface area contributed by atoms with Crippen molar-refractivity contribution in [3.63, 3.8) is 0 Å². The number of hydrogen-bond donors (Lipinski definition) is 1. The van der Waals surface area contributed by atoms with Crippen LogP contribution in [0.4, 0.5) is 0 Å². The van der Waals surface area contributed by atoms with Gasteiger partial charge in [0.1, 0.15) is 5.75 Å². The Morgan fingerprint density at radius 3 is 2.50 bits per heavy atom. The zero-order valence-corrected chi connectivity index (χ0v) is 16.9. The van der Waals surface area contributed by atoms with Crippen LogP contribution in [0.25, 0.3) is 11.4 Å². The first-order valence-electron chi connectivity index (χ1n) is 9.29. The number of hydrogen-bond acceptors (Lipinski definition) is 7. The van der Waals surface area contributed by atoms with Crippen LogP contribution in [-0.4, -0.2) is 63.0 Å². The maximum atomic E-state index is 5.44. The van der Waals surface area contributed by atoms with Crippen LogP contribution in [-0.2, 0) is 13.2 Å². The molecular weight excluding hydrogens is 376 g/mol. The molecule has 1 aliphatic rings. The molecule has 0 atom stereocenters. The molecule has 2 aromatic heterocycles. The molecule has 1 N–H and O–H groups in total. The molecule has 0 spiro atoms. The number of piperazine rings is 1. The molecule has 0 amide bonds. The lowest BCUT2D eigenvalue weighted by Crippen LogP contribution is -2.46. The highest BCUT2D eigenvalue weighted by molar-refractivity contribution is 7.71. The third kappa shape index (κ3) is 4.32. The molecule has 4 rings (SSSR count). The summed E-state index contributed by atoms with van der Waals surface area (Å²) in [5, 5.41) is 7.27. The molecule has 148 valence electrons. The van der Waals surface area contributed by atoms with Crippen molar-refractivity contribution in [3.8, 4) is 17.1 Å². The summed E-state index contributed by atoms with van der Waals surface area (Å²) >= 11 is 5.44. The number of benzene rings is 1. The summed E-state index contributed by atoms with van der Waals surface area (Å²) in [4.78, 5) is 9.25. The topological polar surface area (TPSA) is 75.3 Å². The van der Waals surface area contributed by atoms with E-state index in [0.29, 0.717) is 11.4 Å². The van der Waals surface area contributed by atoms with Crippen LogP contribution in [0.3, 0.4) is 0 Å². The lowest BCUT2D eigenvalue weighted by Gasteiger charge is -2.33. The van der Waals surface area contributed by atoms with E-state index in [-0.39, 0.29) is 0 Å². The van der Waals surface area contributed by atoms with E-state index in [1.165, 1.54) is 0 Å². The number of methoxy groups -OCH3 is 1. The van der Waals surface area contributed by atoms with E-state index in [4.69, 9.17) is 21.5 Å². The van der Waals surface area contributed by atoms with E-state index in [0.717, 1.165) is 61.3 Å². The van der Waals surface area contributed by atoms with E-state index in [2.05, 4.69) is 25.0 Å². The molecule has 3 aromatic rings. The van der Waals surface area contributed by atoms with Gasteiger partial charge in [0.25, 0.3) is 0 Å². The molecule has 8 nitrogen and oxygen atoms in total. The molecular formula is C19H24N6O2S. The predicted octanol–water partition coefficient (Wildman–Crippen LogP) is 2.69. The highest BCUT2D eigenvalue weighted by atomic mass is 32.1. The first-order valence-corrected chi connectivity index (χ1v) is 9.70. The van der Waals surface area contributed by atoms with E-state index in [1.54, 1.807) is 7.11 Å². The van der Waals surface area contributed by atoms with Gasteiger partial charge in [-0.25, -0.2) is 4.68 Å². The van der Waals surface area contributed by atoms with E-state index in [9.17, 15) is 0 Å². The number of nitrogens with one attached hydrogen (secondary N) is 1. The van der Waals surface area contributed by atoms with Crippen molar-refractivity contribution < 1.29 is 9.26 Å². The maximum Gasteiger partial charge on any atom is 0.217 e. The minimum Gasteiger partial charge on any atom is -0.497 e. The third-order valence-electron chi connectivity index (χ3n) is 4.91. The maximum absolute atomic E-state index is 5.44. The number of nitrogens with zero attached hydrogens (tertiary/aromatic N) is 5. The second-order valence-corrected chi connectivity index (χ2v) is 7.35. The molecule has 1 aromatic carbocycles. The van der Waals surface area contributed by atoms with Gasteiger partial charge in [-0.2, -0.15) is 4.98 Å². The zero-order valence-electron chi connectivity index (χ0n) is 16.1. The Balaban J connectivity index is 1.35. The van der Waals surface area contributed by atoms with E-state index in [1.807, 2.05) is 41.9 Å². The lowest BCUT2D eigenvalue weighted by atomic mass is 10.2. The summed E-state index contributed by atoms with van der Waals surface area (Å²) in [7, 11) is 1.66. The Bertz CT molecular complexity index is 969. The van der Waals surface area contributed by atoms with Crippen LogP contribution >= 0.6 is 12.2 Å². The summed E-state index contributed by atoms with van der Waals surface area (Å²) in [6, 6.07) is 9.78. The summed E-state index contributed by atoms with van der Waals surface area (Å²) in [6.45, 7) is 7.34. The number of ether oxygens (including phenoxy) is 1. The molecule has 1 fully saturated rings. The second kappa shape index (κ2) is 8.26. The van der Waals surface area contributed by atoms with Gasteiger partial charge in [-0.15, -0.1) is 0 Å². The molecule has 1 aliphatic heterocycles. The molecule has 0 aliphatic carbocycles. The predicted molar refractivity (Wildman–Crippen MR) is 107 cm³/mol. The van der Waals surface area contributed by atoms with Crippen molar-refractivity contribution >= 4 is 12.2 Å². The average Bonchev–Trinajstić information content (AvgIpc) is 3.29. The fourth-order valence-electron chi connectivity index (χ4n) is 3.33. The summed E-state index contributed by atoms with van der Waals surface area (Å²) in [5.41, 5.74) is 1.91. The summed E-state index contributed by atoms with van der Waals surface area (Å²) in [6.07, 6.45) is 0. The highest BCUT2D eigenvalue weighted by Crippen LogP contribution is 2.19. The number of H-pyrrole nitrogens is 1. The van der Waals surface area contributed by atoms with Crippen molar-refractivity contribution in [2.75, 3.05) is 33.3 Å². The molecule has 9 heteroatoms. The normalized spacial score (nSPS) is 15.8. The molecule has 1 saturated heterocycles. The molecule has 0 bridgehead atoms. The monoisotopic (exact) mass is 400 g/mol. The molecule has 0 radical (unpaired) electrons. The number of aromatic amines is 1. The van der Waals surface area contributed by atoms with Gasteiger partial charge in [-0.3, -0.25) is 14.9 Å². The van der Waals surface area contributed by atoms with Crippen LogP contribution in [0.5, 0.6) is 5.75 Å². The summed E-state index contributed by atoms with van der Waals surface area (Å²) < 4.78 is 13.0. The van der Waals surface area contributed by atoms with Crippen LogP contribution < -0.4 is 4.74 Å². The van der Waals surface area contributed by atoms with Gasteiger partial charge in [0.2, 0.25) is 4.77 Å². The summed E-state index contributed by atoms with van der Waals surface area (Å²) in [5.74, 6) is 2.51. The van der Waals surface area contributed by atoms with Crippen molar-refractivity contribution in [1.82, 2.24) is 29.7 Å². The largest absolute Gasteiger partial charge is 0.497 e. The third-order valence-corrected chi connectivity index (χ3v) is 5.22. The second-order valence-electron chi connectivity index (χ2n) is 6.98. The number of aromatic nitrogens is 4. The minimum absolute atomic E-state index is 0.561. The Labute approximate surface area is 168 Å². The van der Waals surface area contributed by atoms with Gasteiger partial charge in [-0.05, 0) is 43.4 Å². The highest BCUT2D eigenvalue weighted by Gasteiger charge is 2.19. The quantitative estimate of drug-likeness (QED) is 0.638. The SMILES string of the molecule is COc1ccc(-c2nc(=S)n(CN3CCN(Cc4cc(C)no4)CC3)[nH]2)cc1. The zero-order chi connectivity index (χ0) is 19.5. The van der Waals surface area contributed by atoms with Crippen LogP contribution in [0.1, 0.15) is 11.5 Å². The van der Waals surface area contributed by atoms with Crippen LogP contribution in [0.15, 0.2) is 34.9 Å². The van der Waals surface area contributed by atoms with Gasteiger partial charge in [0.05, 0.1) is 26.0 Å². The Kier molecular flexibility index (Phi) is 5.56.